The van der Waals surface area contributed by atoms with Crippen molar-refractivity contribution in [1.82, 2.24) is 14.8 Å². The average Bonchev–Trinajstić information content (AvgIpc) is 2.82. The molecule has 0 saturated heterocycles. The van der Waals surface area contributed by atoms with E-state index in [1.807, 2.05) is 35.9 Å². The Morgan fingerprint density at radius 1 is 1.25 bits per heavy atom. The third-order valence-electron chi connectivity index (χ3n) is 4.90. The van der Waals surface area contributed by atoms with Crippen LogP contribution >= 0.6 is 0 Å². The van der Waals surface area contributed by atoms with Crippen molar-refractivity contribution in [3.63, 3.8) is 0 Å². The van der Waals surface area contributed by atoms with E-state index >= 15 is 0 Å². The van der Waals surface area contributed by atoms with Crippen molar-refractivity contribution >= 4 is 11.6 Å². The number of anilines is 1. The molecular weight excluding hydrogens is 306 g/mol. The fourth-order valence-corrected chi connectivity index (χ4v) is 3.41. The van der Waals surface area contributed by atoms with E-state index in [-0.39, 0.29) is 18.6 Å². The van der Waals surface area contributed by atoms with E-state index in [0.29, 0.717) is 19.1 Å². The lowest BCUT2D eigenvalue weighted by molar-refractivity contribution is -0.123. The zero-order valence-corrected chi connectivity index (χ0v) is 13.7. The summed E-state index contributed by atoms with van der Waals surface area (Å²) in [7, 11) is 1.96. The van der Waals surface area contributed by atoms with Crippen LogP contribution in [0.5, 0.6) is 0 Å². The molecule has 7 nitrogen and oxygen atoms in total. The highest BCUT2D eigenvalue weighted by Crippen LogP contribution is 2.34. The number of hydrogen-bond acceptors (Lipinski definition) is 5. The fourth-order valence-electron chi connectivity index (χ4n) is 3.41. The quantitative estimate of drug-likeness (QED) is 0.912. The maximum absolute atomic E-state index is 12.5. The van der Waals surface area contributed by atoms with Crippen LogP contribution in [-0.4, -0.2) is 33.3 Å². The minimum atomic E-state index is -0.0600. The molecule has 2 N–H and O–H groups in total. The van der Waals surface area contributed by atoms with Crippen LogP contribution < -0.4 is 10.6 Å². The highest BCUT2D eigenvalue weighted by Gasteiger charge is 2.32. The van der Waals surface area contributed by atoms with E-state index < -0.39 is 0 Å². The normalized spacial score (nSPS) is 23.6. The number of ether oxygens (including phenoxy) is 1. The molecule has 1 fully saturated rings. The van der Waals surface area contributed by atoms with Gasteiger partial charge in [0.2, 0.25) is 0 Å². The van der Waals surface area contributed by atoms with Crippen LogP contribution in [0, 0.1) is 0 Å². The summed E-state index contributed by atoms with van der Waals surface area (Å²) in [6, 6.07) is 8.09. The van der Waals surface area contributed by atoms with Gasteiger partial charge in [-0.25, -0.2) is 0 Å². The topological polar surface area (TPSA) is 86.3 Å². The summed E-state index contributed by atoms with van der Waals surface area (Å²) in [5.41, 5.74) is 7.77. The lowest BCUT2D eigenvalue weighted by atomic mass is 9.80. The predicted octanol–water partition coefficient (Wildman–Crippen LogP) is 1.08. The smallest absolute Gasteiger partial charge is 0.253 e. The van der Waals surface area contributed by atoms with Gasteiger partial charge >= 0.3 is 0 Å². The van der Waals surface area contributed by atoms with Crippen LogP contribution in [0.4, 0.5) is 5.69 Å². The van der Waals surface area contributed by atoms with Crippen molar-refractivity contribution in [2.45, 2.75) is 38.0 Å². The molecule has 126 valence electrons. The Morgan fingerprint density at radius 3 is 2.83 bits per heavy atom. The van der Waals surface area contributed by atoms with Gasteiger partial charge in [0.1, 0.15) is 12.4 Å². The van der Waals surface area contributed by atoms with Gasteiger partial charge in [0.25, 0.3) is 5.91 Å². The van der Waals surface area contributed by atoms with Gasteiger partial charge in [0.05, 0.1) is 13.2 Å². The number of rotatable bonds is 3. The zero-order chi connectivity index (χ0) is 16.7. The molecule has 0 atom stereocenters. The number of hydrogen-bond donors (Lipinski definition) is 1. The van der Waals surface area contributed by atoms with Gasteiger partial charge in [-0.1, -0.05) is 18.2 Å². The number of benzene rings is 1. The second-order valence-corrected chi connectivity index (χ2v) is 6.56. The summed E-state index contributed by atoms with van der Waals surface area (Å²) in [5, 5.41) is 8.64. The fraction of sp³-hybridized carbons (Fsp3) is 0.471. The Labute approximate surface area is 140 Å². The summed E-state index contributed by atoms with van der Waals surface area (Å²) >= 11 is 0. The van der Waals surface area contributed by atoms with Crippen molar-refractivity contribution in [1.29, 1.82) is 0 Å². The molecule has 1 aliphatic carbocycles. The standard InChI is InChI=1S/C17H21N5O2/c1-21-15(19-20-17(21)12-6-13(18)7-12)8-22-14-5-3-2-4-11(14)9-24-10-16(22)23/h2-5,12-13H,6-10,18H2,1H3. The lowest BCUT2D eigenvalue weighted by Gasteiger charge is -2.31. The van der Waals surface area contributed by atoms with Crippen molar-refractivity contribution in [2.24, 2.45) is 12.8 Å². The molecule has 2 aromatic rings. The molecule has 1 aromatic carbocycles. The molecule has 2 aliphatic rings. The van der Waals surface area contributed by atoms with Gasteiger partial charge in [-0.15, -0.1) is 10.2 Å². The molecule has 0 bridgehead atoms. The zero-order valence-electron chi connectivity index (χ0n) is 13.7. The number of nitrogens with zero attached hydrogens (tertiary/aromatic N) is 4. The van der Waals surface area contributed by atoms with Crippen LogP contribution in [-0.2, 0) is 29.7 Å². The minimum absolute atomic E-state index is 0.0600. The van der Waals surface area contributed by atoms with Crippen LogP contribution in [0.2, 0.25) is 0 Å². The summed E-state index contributed by atoms with van der Waals surface area (Å²) in [6.07, 6.45) is 1.90. The molecule has 0 spiro atoms. The number of carbonyl (C=O) groups excluding carboxylic acids is 1. The maximum Gasteiger partial charge on any atom is 0.253 e. The molecule has 4 rings (SSSR count). The molecule has 1 aromatic heterocycles. The third-order valence-corrected chi connectivity index (χ3v) is 4.90. The Hall–Kier alpha value is -2.25. The van der Waals surface area contributed by atoms with Crippen LogP contribution in [0.3, 0.4) is 0 Å². The first-order chi connectivity index (χ1) is 11.6. The van der Waals surface area contributed by atoms with Crippen LogP contribution in [0.15, 0.2) is 24.3 Å². The summed E-state index contributed by atoms with van der Waals surface area (Å²) in [5.74, 6) is 2.05. The van der Waals surface area contributed by atoms with E-state index in [2.05, 4.69) is 10.2 Å². The van der Waals surface area contributed by atoms with Crippen molar-refractivity contribution in [3.05, 3.63) is 41.5 Å². The second kappa shape index (κ2) is 5.99. The molecule has 0 unspecified atom stereocenters. The highest BCUT2D eigenvalue weighted by atomic mass is 16.5. The van der Waals surface area contributed by atoms with Gasteiger partial charge < -0.3 is 19.9 Å². The second-order valence-electron chi connectivity index (χ2n) is 6.56. The first-order valence-corrected chi connectivity index (χ1v) is 8.23. The number of nitrogens with two attached hydrogens (primary N) is 1. The predicted molar refractivity (Wildman–Crippen MR) is 88.2 cm³/mol. The molecule has 1 amide bonds. The molecular formula is C17H21N5O2. The Kier molecular flexibility index (Phi) is 3.82. The van der Waals surface area contributed by atoms with Gasteiger partial charge in [0, 0.05) is 30.3 Å². The summed E-state index contributed by atoms with van der Waals surface area (Å²) < 4.78 is 7.46. The molecule has 7 heteroatoms. The van der Waals surface area contributed by atoms with Crippen LogP contribution in [0.25, 0.3) is 0 Å². The Bertz CT molecular complexity index is 766. The first kappa shape index (κ1) is 15.3. The highest BCUT2D eigenvalue weighted by molar-refractivity contribution is 5.95. The van der Waals surface area contributed by atoms with Crippen molar-refractivity contribution in [2.75, 3.05) is 11.5 Å². The Balaban J connectivity index is 1.61. The summed E-state index contributed by atoms with van der Waals surface area (Å²) in [4.78, 5) is 14.2. The minimum Gasteiger partial charge on any atom is -0.367 e. The number of carbonyl (C=O) groups is 1. The molecule has 0 radical (unpaired) electrons. The van der Waals surface area contributed by atoms with E-state index in [9.17, 15) is 4.79 Å². The van der Waals surface area contributed by atoms with E-state index in [1.54, 1.807) is 4.90 Å². The number of para-hydroxylation sites is 1. The van der Waals surface area contributed by atoms with Crippen LogP contribution in [0.1, 0.15) is 36.0 Å². The SMILES string of the molecule is Cn1c(CN2C(=O)COCc3ccccc32)nnc1C1CC(N)C1. The van der Waals surface area contributed by atoms with Gasteiger partial charge in [-0.2, -0.15) is 0 Å². The van der Waals surface area contributed by atoms with Gasteiger partial charge in [0.15, 0.2) is 5.82 Å². The average molecular weight is 327 g/mol. The largest absolute Gasteiger partial charge is 0.367 e. The maximum atomic E-state index is 12.5. The Morgan fingerprint density at radius 2 is 2.04 bits per heavy atom. The number of fused-ring (bicyclic) bond motifs is 1. The van der Waals surface area contributed by atoms with Gasteiger partial charge in [-0.3, -0.25) is 4.79 Å². The number of aromatic nitrogens is 3. The van der Waals surface area contributed by atoms with Gasteiger partial charge in [-0.05, 0) is 18.9 Å². The van der Waals surface area contributed by atoms with Crippen molar-refractivity contribution < 1.29 is 9.53 Å². The molecule has 24 heavy (non-hydrogen) atoms. The molecule has 1 saturated carbocycles. The lowest BCUT2D eigenvalue weighted by Crippen LogP contribution is -2.36. The number of amides is 1. The molecule has 1 aliphatic heterocycles. The summed E-state index contributed by atoms with van der Waals surface area (Å²) in [6.45, 7) is 0.917. The first-order valence-electron chi connectivity index (χ1n) is 8.23. The molecule has 2 heterocycles. The van der Waals surface area contributed by atoms with Crippen molar-refractivity contribution in [3.8, 4) is 0 Å². The third kappa shape index (κ3) is 2.59. The monoisotopic (exact) mass is 327 g/mol. The van der Waals surface area contributed by atoms with E-state index in [4.69, 9.17) is 10.5 Å². The van der Waals surface area contributed by atoms with E-state index in [1.165, 1.54) is 0 Å². The van der Waals surface area contributed by atoms with E-state index in [0.717, 1.165) is 35.7 Å².